The van der Waals surface area contributed by atoms with E-state index in [9.17, 15) is 4.79 Å². The number of carbonyl (C=O) groups excluding carboxylic acids is 1. The molecule has 3 aliphatic rings. The molecule has 33 heavy (non-hydrogen) atoms. The molecule has 6 heteroatoms. The van der Waals surface area contributed by atoms with E-state index < -0.39 is 18.4 Å². The van der Waals surface area contributed by atoms with Crippen molar-refractivity contribution >= 4 is 39.5 Å². The average Bonchev–Trinajstić information content (AvgIpc) is 2.84. The van der Waals surface area contributed by atoms with Gasteiger partial charge in [-0.1, -0.05) is 0 Å². The number of nitrogens with zero attached hydrogens (tertiary/aromatic N) is 1. The quantitative estimate of drug-likeness (QED) is 0.280. The number of fused-ring (bicyclic) bond motifs is 3. The Morgan fingerprint density at radius 1 is 1.06 bits per heavy atom. The van der Waals surface area contributed by atoms with E-state index >= 15 is 0 Å². The van der Waals surface area contributed by atoms with Gasteiger partial charge >= 0.3 is 212 Å². The Bertz CT molecular complexity index is 758. The van der Waals surface area contributed by atoms with Crippen LogP contribution in [0.1, 0.15) is 82.5 Å². The van der Waals surface area contributed by atoms with Crippen LogP contribution in [0.2, 0.25) is 18.3 Å². The molecule has 2 bridgehead atoms. The van der Waals surface area contributed by atoms with Crippen molar-refractivity contribution in [3.05, 3.63) is 22.7 Å². The predicted octanol–water partition coefficient (Wildman–Crippen LogP) is 6.23. The first-order valence-corrected chi connectivity index (χ1v) is 21.2. The molecule has 0 aliphatic carbocycles. The third-order valence-electron chi connectivity index (χ3n) is 8.07. The standard InChI is InChI=1S/C15H18ClN2O2.3C4H9.Sn/c1-20-14-3-2-11(16)8-12(14)15(19)17-13-9-18-6-4-10(13)5-7-18;3*1-3-4-2;/h2,8,10,13H,4-7,9H2,1H3,(H,17,19);3*1,3-4H2,2H3;/t13-;;;;/m1..../s1. The van der Waals surface area contributed by atoms with Gasteiger partial charge in [-0.3, -0.25) is 0 Å². The van der Waals surface area contributed by atoms with Gasteiger partial charge in [0, 0.05) is 0 Å². The van der Waals surface area contributed by atoms with Crippen LogP contribution in [-0.2, 0) is 0 Å². The van der Waals surface area contributed by atoms with Crippen LogP contribution < -0.4 is 13.6 Å². The molecule has 0 unspecified atom stereocenters. The summed E-state index contributed by atoms with van der Waals surface area (Å²) in [6.45, 7) is 10.2. The van der Waals surface area contributed by atoms with Crippen molar-refractivity contribution < 1.29 is 9.53 Å². The number of halogens is 1. The summed E-state index contributed by atoms with van der Waals surface area (Å²) < 4.78 is 11.4. The maximum atomic E-state index is 13.6. The first-order valence-electron chi connectivity index (χ1n) is 13.4. The number of ether oxygens (including phenoxy) is 1. The summed E-state index contributed by atoms with van der Waals surface area (Å²) >= 11 is 3.89. The number of unbranched alkanes of at least 4 members (excludes halogenated alkanes) is 3. The molecule has 3 heterocycles. The second kappa shape index (κ2) is 13.0. The molecule has 1 aromatic rings. The fourth-order valence-corrected chi connectivity index (χ4v) is 23.2. The van der Waals surface area contributed by atoms with Crippen molar-refractivity contribution in [3.63, 3.8) is 0 Å². The van der Waals surface area contributed by atoms with Crippen LogP contribution in [0.3, 0.4) is 0 Å². The van der Waals surface area contributed by atoms with Gasteiger partial charge in [-0.2, -0.15) is 0 Å². The van der Waals surface area contributed by atoms with Gasteiger partial charge in [-0.15, -0.1) is 0 Å². The van der Waals surface area contributed by atoms with Gasteiger partial charge in [0.2, 0.25) is 0 Å². The monoisotopic (exact) mass is 584 g/mol. The summed E-state index contributed by atoms with van der Waals surface area (Å²) in [6, 6.07) is 4.26. The molecule has 1 aromatic carbocycles. The van der Waals surface area contributed by atoms with Crippen LogP contribution in [0.25, 0.3) is 0 Å². The van der Waals surface area contributed by atoms with Crippen molar-refractivity contribution in [1.82, 2.24) is 10.2 Å². The van der Waals surface area contributed by atoms with E-state index in [0.717, 1.165) is 12.3 Å². The van der Waals surface area contributed by atoms with Crippen molar-refractivity contribution in [2.45, 2.75) is 91.5 Å². The van der Waals surface area contributed by atoms with E-state index in [-0.39, 0.29) is 11.9 Å². The number of hydrogen-bond donors (Lipinski definition) is 1. The van der Waals surface area contributed by atoms with Crippen LogP contribution in [0.4, 0.5) is 0 Å². The van der Waals surface area contributed by atoms with Crippen molar-refractivity contribution in [1.29, 1.82) is 0 Å². The van der Waals surface area contributed by atoms with Gasteiger partial charge in [0.25, 0.3) is 0 Å². The number of methoxy groups -OCH3 is 1. The first-order chi connectivity index (χ1) is 16.0. The van der Waals surface area contributed by atoms with Crippen molar-refractivity contribution in [2.75, 3.05) is 26.7 Å². The molecule has 0 aromatic heterocycles. The fourth-order valence-electron chi connectivity index (χ4n) is 6.08. The summed E-state index contributed by atoms with van der Waals surface area (Å²) in [5.41, 5.74) is 0.655. The third-order valence-corrected chi connectivity index (χ3v) is 23.8. The van der Waals surface area contributed by atoms with Crippen molar-refractivity contribution in [3.8, 4) is 5.75 Å². The molecule has 3 aliphatic heterocycles. The van der Waals surface area contributed by atoms with Crippen LogP contribution in [0.15, 0.2) is 12.1 Å². The SMILES string of the molecule is CCC[CH2][Sn]([CH2]CCC)([CH2]CCC)[c]1cc(Cl)cc(C(=O)N[C@@H]2CN3CCC2CC3)c1OC. The number of benzene rings is 1. The van der Waals surface area contributed by atoms with Crippen molar-refractivity contribution in [2.24, 2.45) is 5.92 Å². The maximum absolute atomic E-state index is 13.6. The Balaban J connectivity index is 1.98. The molecule has 4 rings (SSSR count). The van der Waals surface area contributed by atoms with E-state index in [0.29, 0.717) is 16.5 Å². The van der Waals surface area contributed by atoms with E-state index in [4.69, 9.17) is 16.3 Å². The Kier molecular flexibility index (Phi) is 10.7. The Hall–Kier alpha value is -0.461. The normalized spacial score (nSPS) is 22.4. The predicted molar refractivity (Wildman–Crippen MR) is 143 cm³/mol. The molecule has 3 saturated heterocycles. The second-order valence-corrected chi connectivity index (χ2v) is 23.9. The van der Waals surface area contributed by atoms with Crippen LogP contribution in [-0.4, -0.2) is 62.0 Å². The second-order valence-electron chi connectivity index (χ2n) is 10.3. The average molecular weight is 584 g/mol. The third kappa shape index (κ3) is 6.61. The minimum absolute atomic E-state index is 0.00369. The molecule has 3 fully saturated rings. The zero-order valence-corrected chi connectivity index (χ0v) is 25.0. The number of carbonyl (C=O) groups is 1. The Labute approximate surface area is 211 Å². The topological polar surface area (TPSA) is 41.6 Å². The molecule has 1 amide bonds. The van der Waals surface area contributed by atoms with Gasteiger partial charge in [-0.05, 0) is 0 Å². The van der Waals surface area contributed by atoms with Crippen LogP contribution in [0.5, 0.6) is 5.75 Å². The number of amides is 1. The molecule has 186 valence electrons. The van der Waals surface area contributed by atoms with Gasteiger partial charge in [0.15, 0.2) is 0 Å². The summed E-state index contributed by atoms with van der Waals surface area (Å²) in [7, 11) is 1.74. The van der Waals surface area contributed by atoms with Crippen LogP contribution >= 0.6 is 11.6 Å². The Morgan fingerprint density at radius 2 is 1.64 bits per heavy atom. The molecule has 4 nitrogen and oxygen atoms in total. The summed E-state index contributed by atoms with van der Waals surface area (Å²) in [5, 5.41) is 4.07. The van der Waals surface area contributed by atoms with E-state index in [1.54, 1.807) is 7.11 Å². The summed E-state index contributed by atoms with van der Waals surface area (Å²) in [4.78, 5) is 16.1. The van der Waals surface area contributed by atoms with Gasteiger partial charge in [0.1, 0.15) is 0 Å². The molecule has 1 N–H and O–H groups in total. The molecular formula is C27H45ClN2O2Sn. The molecule has 1 atom stereocenters. The molecule has 0 radical (unpaired) electrons. The summed E-state index contributed by atoms with van der Waals surface area (Å²) in [6.07, 6.45) is 9.81. The van der Waals surface area contributed by atoms with E-state index in [2.05, 4.69) is 37.1 Å². The summed E-state index contributed by atoms with van der Waals surface area (Å²) in [5.74, 6) is 1.42. The zero-order chi connectivity index (χ0) is 23.8. The zero-order valence-electron chi connectivity index (χ0n) is 21.4. The first kappa shape index (κ1) is 27.1. The fraction of sp³-hybridized carbons (Fsp3) is 0.741. The van der Waals surface area contributed by atoms with E-state index in [1.165, 1.54) is 81.3 Å². The van der Waals surface area contributed by atoms with Gasteiger partial charge < -0.3 is 0 Å². The van der Waals surface area contributed by atoms with Gasteiger partial charge in [0.05, 0.1) is 0 Å². The van der Waals surface area contributed by atoms with Crippen LogP contribution in [0, 0.1) is 5.92 Å². The Morgan fingerprint density at radius 3 is 2.09 bits per heavy atom. The minimum atomic E-state index is -2.83. The molecule has 0 saturated carbocycles. The number of hydrogen-bond acceptors (Lipinski definition) is 3. The molecule has 0 spiro atoms. The number of piperidine rings is 3. The molecular weight excluding hydrogens is 538 g/mol. The number of rotatable bonds is 13. The van der Waals surface area contributed by atoms with Gasteiger partial charge in [-0.25, -0.2) is 0 Å². The number of nitrogens with one attached hydrogen (secondary N) is 1. The van der Waals surface area contributed by atoms with E-state index in [1.807, 2.05) is 6.07 Å².